The number of benzene rings is 1. The number of aryl methyl sites for hydroxylation is 2. The van der Waals surface area contributed by atoms with Crippen molar-refractivity contribution in [3.63, 3.8) is 0 Å². The Labute approximate surface area is 107 Å². The minimum atomic E-state index is -4.44. The zero-order valence-electron chi connectivity index (χ0n) is 9.72. The molecule has 0 aliphatic carbocycles. The first kappa shape index (κ1) is 13.0. The van der Waals surface area contributed by atoms with Crippen LogP contribution in [0.25, 0.3) is 5.69 Å². The van der Waals surface area contributed by atoms with E-state index >= 15 is 0 Å². The summed E-state index contributed by atoms with van der Waals surface area (Å²) in [7, 11) is 0. The molecule has 96 valence electrons. The first-order valence-corrected chi connectivity index (χ1v) is 5.57. The molecule has 0 saturated heterocycles. The van der Waals surface area contributed by atoms with Gasteiger partial charge in [-0.15, -0.1) is 0 Å². The minimum Gasteiger partial charge on any atom is -0.237 e. The lowest BCUT2D eigenvalue weighted by Gasteiger charge is -2.08. The first-order chi connectivity index (χ1) is 8.29. The van der Waals surface area contributed by atoms with Crippen molar-refractivity contribution >= 4 is 11.6 Å². The number of rotatable bonds is 1. The highest BCUT2D eigenvalue weighted by Gasteiger charge is 2.34. The second-order valence-corrected chi connectivity index (χ2v) is 4.45. The third-order valence-corrected chi connectivity index (χ3v) is 2.81. The second-order valence-electron chi connectivity index (χ2n) is 4.01. The van der Waals surface area contributed by atoms with Crippen molar-refractivity contribution in [1.29, 1.82) is 0 Å². The number of aromatic nitrogens is 2. The van der Waals surface area contributed by atoms with E-state index in [9.17, 15) is 13.2 Å². The Morgan fingerprint density at radius 1 is 1.17 bits per heavy atom. The molecule has 1 aromatic carbocycles. The lowest BCUT2D eigenvalue weighted by Crippen LogP contribution is -2.08. The van der Waals surface area contributed by atoms with E-state index in [0.29, 0.717) is 16.4 Å². The fraction of sp³-hybridized carbons (Fsp3) is 0.250. The van der Waals surface area contributed by atoms with Crippen LogP contribution in [0.2, 0.25) is 5.02 Å². The van der Waals surface area contributed by atoms with Crippen LogP contribution in [0.3, 0.4) is 0 Å². The Bertz CT molecular complexity index is 587. The monoisotopic (exact) mass is 274 g/mol. The number of hydrogen-bond donors (Lipinski definition) is 0. The lowest BCUT2D eigenvalue weighted by atomic mass is 10.2. The summed E-state index contributed by atoms with van der Waals surface area (Å²) in [5.74, 6) is 0. The predicted octanol–water partition coefficient (Wildman–Crippen LogP) is 4.16. The third kappa shape index (κ3) is 2.36. The van der Waals surface area contributed by atoms with Crippen molar-refractivity contribution < 1.29 is 13.2 Å². The van der Waals surface area contributed by atoms with Crippen LogP contribution < -0.4 is 0 Å². The quantitative estimate of drug-likeness (QED) is 0.763. The van der Waals surface area contributed by atoms with Crippen molar-refractivity contribution in [2.24, 2.45) is 0 Å². The van der Waals surface area contributed by atoms with Crippen molar-refractivity contribution in [3.8, 4) is 5.69 Å². The highest BCUT2D eigenvalue weighted by Crippen LogP contribution is 2.30. The molecule has 1 aromatic heterocycles. The molecule has 0 aliphatic rings. The smallest absolute Gasteiger partial charge is 0.237 e. The Balaban J connectivity index is 2.58. The molecule has 0 amide bonds. The van der Waals surface area contributed by atoms with Gasteiger partial charge in [0.25, 0.3) is 0 Å². The van der Waals surface area contributed by atoms with Gasteiger partial charge in [0.15, 0.2) is 5.69 Å². The third-order valence-electron chi connectivity index (χ3n) is 2.58. The fourth-order valence-corrected chi connectivity index (χ4v) is 1.83. The molecule has 0 unspecified atom stereocenters. The van der Waals surface area contributed by atoms with E-state index in [1.54, 1.807) is 32.0 Å². The molecule has 2 nitrogen and oxygen atoms in total. The van der Waals surface area contributed by atoms with E-state index < -0.39 is 11.9 Å². The van der Waals surface area contributed by atoms with E-state index in [0.717, 1.165) is 11.6 Å². The van der Waals surface area contributed by atoms with Gasteiger partial charge in [0.2, 0.25) is 0 Å². The fourth-order valence-electron chi connectivity index (χ4n) is 1.67. The molecule has 6 heteroatoms. The minimum absolute atomic E-state index is 0.410. The van der Waals surface area contributed by atoms with Gasteiger partial charge in [-0.1, -0.05) is 17.7 Å². The molecule has 0 aliphatic heterocycles. The topological polar surface area (TPSA) is 17.8 Å². The lowest BCUT2D eigenvalue weighted by molar-refractivity contribution is -0.141. The molecule has 2 rings (SSSR count). The summed E-state index contributed by atoms with van der Waals surface area (Å²) in [6, 6.07) is 6.04. The molecule has 18 heavy (non-hydrogen) atoms. The number of alkyl halides is 3. The molecular formula is C12H10ClF3N2. The summed E-state index contributed by atoms with van der Waals surface area (Å²) >= 11 is 5.85. The summed E-state index contributed by atoms with van der Waals surface area (Å²) in [4.78, 5) is 0. The average Bonchev–Trinajstić information content (AvgIpc) is 2.64. The number of hydrogen-bond acceptors (Lipinski definition) is 1. The van der Waals surface area contributed by atoms with Gasteiger partial charge in [-0.25, -0.2) is 4.68 Å². The van der Waals surface area contributed by atoms with Gasteiger partial charge >= 0.3 is 6.18 Å². The molecule has 2 aromatic rings. The molecule has 0 radical (unpaired) electrons. The van der Waals surface area contributed by atoms with Crippen molar-refractivity contribution in [2.75, 3.05) is 0 Å². The summed E-state index contributed by atoms with van der Waals surface area (Å²) in [6.07, 6.45) is -4.44. The van der Waals surface area contributed by atoms with Gasteiger partial charge < -0.3 is 0 Å². The Hall–Kier alpha value is -1.49. The summed E-state index contributed by atoms with van der Waals surface area (Å²) in [6.45, 7) is 3.36. The number of halogens is 4. The van der Waals surface area contributed by atoms with Crippen LogP contribution in [-0.4, -0.2) is 9.78 Å². The van der Waals surface area contributed by atoms with Crippen molar-refractivity contribution in [2.45, 2.75) is 20.0 Å². The van der Waals surface area contributed by atoms with E-state index in [4.69, 9.17) is 11.6 Å². The average molecular weight is 275 g/mol. The highest BCUT2D eigenvalue weighted by atomic mass is 35.5. The van der Waals surface area contributed by atoms with Gasteiger partial charge in [0.05, 0.1) is 5.69 Å². The summed E-state index contributed by atoms with van der Waals surface area (Å²) in [5.41, 5.74) is 0.863. The SMILES string of the molecule is Cc1ccc(Cl)cc1-n1nc(C(F)(F)F)cc1C. The maximum absolute atomic E-state index is 12.6. The van der Waals surface area contributed by atoms with E-state index in [2.05, 4.69) is 5.10 Å². The van der Waals surface area contributed by atoms with Crippen molar-refractivity contribution in [1.82, 2.24) is 9.78 Å². The van der Waals surface area contributed by atoms with Crippen LogP contribution in [0.4, 0.5) is 13.2 Å². The molecule has 1 heterocycles. The van der Waals surface area contributed by atoms with Gasteiger partial charge in [-0.2, -0.15) is 18.3 Å². The van der Waals surface area contributed by atoms with Crippen LogP contribution in [0, 0.1) is 13.8 Å². The second kappa shape index (κ2) is 4.31. The van der Waals surface area contributed by atoms with Gasteiger partial charge in [0, 0.05) is 10.7 Å². The standard InChI is InChI=1S/C12H10ClF3N2/c1-7-3-4-9(13)6-10(7)18-8(2)5-11(17-18)12(14,15)16/h3-6H,1-2H3. The van der Waals surface area contributed by atoms with Crippen LogP contribution >= 0.6 is 11.6 Å². The zero-order valence-corrected chi connectivity index (χ0v) is 10.5. The van der Waals surface area contributed by atoms with E-state index in [1.807, 2.05) is 0 Å². The molecule has 0 saturated carbocycles. The Kier molecular flexibility index (Phi) is 3.11. The van der Waals surface area contributed by atoms with Crippen LogP contribution in [0.5, 0.6) is 0 Å². The highest BCUT2D eigenvalue weighted by molar-refractivity contribution is 6.30. The summed E-state index contributed by atoms with van der Waals surface area (Å²) < 4.78 is 39.0. The molecule has 0 bridgehead atoms. The van der Waals surface area contributed by atoms with Gasteiger partial charge in [-0.3, -0.25) is 0 Å². The van der Waals surface area contributed by atoms with Crippen LogP contribution in [0.1, 0.15) is 17.0 Å². The van der Waals surface area contributed by atoms with Gasteiger partial charge in [0.1, 0.15) is 0 Å². The van der Waals surface area contributed by atoms with E-state index in [-0.39, 0.29) is 0 Å². The van der Waals surface area contributed by atoms with E-state index in [1.165, 1.54) is 4.68 Å². The largest absolute Gasteiger partial charge is 0.435 e. The van der Waals surface area contributed by atoms with Crippen LogP contribution in [-0.2, 0) is 6.18 Å². The molecule has 0 atom stereocenters. The Morgan fingerprint density at radius 3 is 2.39 bits per heavy atom. The Morgan fingerprint density at radius 2 is 1.83 bits per heavy atom. The van der Waals surface area contributed by atoms with Crippen molar-refractivity contribution in [3.05, 3.63) is 46.2 Å². The molecular weight excluding hydrogens is 265 g/mol. The summed E-state index contributed by atoms with van der Waals surface area (Å²) in [5, 5.41) is 4.04. The predicted molar refractivity (Wildman–Crippen MR) is 63.1 cm³/mol. The maximum atomic E-state index is 12.6. The van der Waals surface area contributed by atoms with Crippen LogP contribution in [0.15, 0.2) is 24.3 Å². The zero-order chi connectivity index (χ0) is 13.5. The number of nitrogens with zero attached hydrogens (tertiary/aromatic N) is 2. The maximum Gasteiger partial charge on any atom is 0.435 e. The normalized spacial score (nSPS) is 11.9. The first-order valence-electron chi connectivity index (χ1n) is 5.19. The van der Waals surface area contributed by atoms with Gasteiger partial charge in [-0.05, 0) is 37.6 Å². The molecule has 0 N–H and O–H groups in total. The molecule has 0 spiro atoms. The molecule has 0 fully saturated rings.